The number of hydrogen-bond donors (Lipinski definition) is 2. The van der Waals surface area contributed by atoms with Crippen molar-refractivity contribution in [2.75, 3.05) is 0 Å². The van der Waals surface area contributed by atoms with Crippen LogP contribution < -0.4 is 0 Å². The van der Waals surface area contributed by atoms with E-state index >= 15 is 0 Å². The van der Waals surface area contributed by atoms with E-state index in [0.29, 0.717) is 0 Å². The first-order valence-electron chi connectivity index (χ1n) is 2.15. The minimum atomic E-state index is -0.613. The molecule has 0 aromatic heterocycles. The number of rotatable bonds is 3. The maximum Gasteiger partial charge on any atom is 0.174 e. The average molecular weight is 144 g/mol. The SMILES string of the molecule is O=CC(=N/O)/C(C=O)=N\O. The smallest absolute Gasteiger partial charge is 0.174 e. The van der Waals surface area contributed by atoms with Crippen LogP contribution in [0.3, 0.4) is 0 Å². The molecule has 0 aliphatic rings. The lowest BCUT2D eigenvalue weighted by atomic mass is 10.3. The molecule has 0 aromatic carbocycles. The summed E-state index contributed by atoms with van der Waals surface area (Å²) in [7, 11) is 0. The van der Waals surface area contributed by atoms with E-state index in [1.54, 1.807) is 0 Å². The van der Waals surface area contributed by atoms with E-state index in [9.17, 15) is 9.59 Å². The second-order valence-electron chi connectivity index (χ2n) is 1.21. The van der Waals surface area contributed by atoms with E-state index in [1.807, 2.05) is 0 Å². The summed E-state index contributed by atoms with van der Waals surface area (Å²) in [4.78, 5) is 19.7. The fourth-order valence-corrected chi connectivity index (χ4v) is 0.270. The van der Waals surface area contributed by atoms with E-state index in [2.05, 4.69) is 10.3 Å². The molecule has 0 saturated carbocycles. The van der Waals surface area contributed by atoms with Crippen molar-refractivity contribution >= 4 is 24.0 Å². The highest BCUT2D eigenvalue weighted by atomic mass is 16.4. The fourth-order valence-electron chi connectivity index (χ4n) is 0.270. The van der Waals surface area contributed by atoms with E-state index < -0.39 is 11.4 Å². The number of nitrogens with zero attached hydrogens (tertiary/aromatic N) is 2. The lowest BCUT2D eigenvalue weighted by Gasteiger charge is -1.86. The second kappa shape index (κ2) is 4.19. The van der Waals surface area contributed by atoms with Gasteiger partial charge in [0.15, 0.2) is 24.0 Å². The van der Waals surface area contributed by atoms with Gasteiger partial charge in [0.1, 0.15) is 0 Å². The molecule has 6 heteroatoms. The monoisotopic (exact) mass is 144 g/mol. The van der Waals surface area contributed by atoms with Crippen molar-refractivity contribution < 1.29 is 20.0 Å². The Morgan fingerprint density at radius 3 is 1.40 bits per heavy atom. The lowest BCUT2D eigenvalue weighted by Crippen LogP contribution is -2.16. The molecular formula is C4H4N2O4. The van der Waals surface area contributed by atoms with E-state index in [1.165, 1.54) is 0 Å². The van der Waals surface area contributed by atoms with Crippen LogP contribution in [0, 0.1) is 0 Å². The van der Waals surface area contributed by atoms with E-state index in [-0.39, 0.29) is 12.6 Å². The van der Waals surface area contributed by atoms with Crippen LogP contribution in [-0.4, -0.2) is 34.4 Å². The molecule has 54 valence electrons. The topological polar surface area (TPSA) is 99.3 Å². The fraction of sp³-hybridized carbons (Fsp3) is 0. The standard InChI is InChI=1S/C4H4N2O4/c7-1-3(5-9)4(2-8)6-10/h1-2,9-10H/b5-3-,6-4-. The van der Waals surface area contributed by atoms with Gasteiger partial charge in [-0.1, -0.05) is 10.3 Å². The predicted molar refractivity (Wildman–Crippen MR) is 30.6 cm³/mol. The summed E-state index contributed by atoms with van der Waals surface area (Å²) in [5.41, 5.74) is -1.23. The van der Waals surface area contributed by atoms with Crippen LogP contribution in [0.5, 0.6) is 0 Å². The van der Waals surface area contributed by atoms with Crippen LogP contribution in [0.1, 0.15) is 0 Å². The van der Waals surface area contributed by atoms with Crippen molar-refractivity contribution in [3.63, 3.8) is 0 Å². The summed E-state index contributed by atoms with van der Waals surface area (Å²) in [5.74, 6) is 0. The molecule has 2 N–H and O–H groups in total. The molecule has 6 nitrogen and oxygen atoms in total. The minimum Gasteiger partial charge on any atom is -0.410 e. The van der Waals surface area contributed by atoms with Gasteiger partial charge in [0.2, 0.25) is 0 Å². The summed E-state index contributed by atoms with van der Waals surface area (Å²) in [6.45, 7) is 0. The Balaban J connectivity index is 4.58. The Morgan fingerprint density at radius 2 is 1.30 bits per heavy atom. The largest absolute Gasteiger partial charge is 0.410 e. The first kappa shape index (κ1) is 8.28. The van der Waals surface area contributed by atoms with Gasteiger partial charge in [0.25, 0.3) is 0 Å². The Hall–Kier alpha value is -1.72. The highest BCUT2D eigenvalue weighted by Gasteiger charge is 2.06. The predicted octanol–water partition coefficient (Wildman–Crippen LogP) is -0.955. The molecule has 0 amide bonds. The molecule has 0 aromatic rings. The third kappa shape index (κ3) is 1.66. The Labute approximate surface area is 55.4 Å². The quantitative estimate of drug-likeness (QED) is 0.230. The van der Waals surface area contributed by atoms with Crippen LogP contribution in [0.25, 0.3) is 0 Å². The second-order valence-corrected chi connectivity index (χ2v) is 1.21. The maximum absolute atomic E-state index is 9.85. The molecule has 0 fully saturated rings. The van der Waals surface area contributed by atoms with E-state index in [0.717, 1.165) is 0 Å². The molecule has 0 rings (SSSR count). The minimum absolute atomic E-state index is 0.0868. The van der Waals surface area contributed by atoms with Crippen molar-refractivity contribution in [3.8, 4) is 0 Å². The van der Waals surface area contributed by atoms with Gasteiger partial charge >= 0.3 is 0 Å². The molecule has 0 atom stereocenters. The zero-order chi connectivity index (χ0) is 7.98. The van der Waals surface area contributed by atoms with Crippen molar-refractivity contribution in [1.82, 2.24) is 0 Å². The molecule has 0 aliphatic carbocycles. The lowest BCUT2D eigenvalue weighted by molar-refractivity contribution is -0.104. The normalized spacial score (nSPS) is 12.8. The Kier molecular flexibility index (Phi) is 3.47. The van der Waals surface area contributed by atoms with Crippen molar-refractivity contribution in [1.29, 1.82) is 0 Å². The molecule has 0 saturated heterocycles. The third-order valence-corrected chi connectivity index (χ3v) is 0.701. The Morgan fingerprint density at radius 1 is 1.00 bits per heavy atom. The van der Waals surface area contributed by atoms with Gasteiger partial charge in [0.05, 0.1) is 0 Å². The molecule has 0 unspecified atom stereocenters. The van der Waals surface area contributed by atoms with E-state index in [4.69, 9.17) is 10.4 Å². The molecule has 0 bridgehead atoms. The third-order valence-electron chi connectivity index (χ3n) is 0.701. The highest BCUT2D eigenvalue weighted by molar-refractivity contribution is 6.74. The molecule has 10 heavy (non-hydrogen) atoms. The van der Waals surface area contributed by atoms with Gasteiger partial charge in [-0.15, -0.1) is 0 Å². The van der Waals surface area contributed by atoms with Gasteiger partial charge in [0, 0.05) is 0 Å². The summed E-state index contributed by atoms with van der Waals surface area (Å²) in [6.07, 6.45) is 0.174. The molecule has 0 heterocycles. The van der Waals surface area contributed by atoms with Crippen LogP contribution in [-0.2, 0) is 9.59 Å². The van der Waals surface area contributed by atoms with Crippen molar-refractivity contribution in [3.05, 3.63) is 0 Å². The molecule has 0 aliphatic heterocycles. The molecule has 0 radical (unpaired) electrons. The number of hydrogen-bond acceptors (Lipinski definition) is 6. The number of aldehydes is 2. The summed E-state index contributed by atoms with van der Waals surface area (Å²) >= 11 is 0. The zero-order valence-corrected chi connectivity index (χ0v) is 4.76. The van der Waals surface area contributed by atoms with Gasteiger partial charge in [-0.25, -0.2) is 0 Å². The molecule has 0 spiro atoms. The highest BCUT2D eigenvalue weighted by Crippen LogP contribution is 1.76. The molecular weight excluding hydrogens is 140 g/mol. The zero-order valence-electron chi connectivity index (χ0n) is 4.76. The summed E-state index contributed by atoms with van der Waals surface area (Å²) in [5, 5.41) is 20.7. The summed E-state index contributed by atoms with van der Waals surface area (Å²) < 4.78 is 0. The Bertz CT molecular complexity index is 173. The van der Waals surface area contributed by atoms with Crippen LogP contribution in [0.2, 0.25) is 0 Å². The maximum atomic E-state index is 9.85. The number of carbonyl (C=O) groups is 2. The van der Waals surface area contributed by atoms with Gasteiger partial charge in [-0.05, 0) is 0 Å². The van der Waals surface area contributed by atoms with Crippen LogP contribution >= 0.6 is 0 Å². The van der Waals surface area contributed by atoms with Crippen molar-refractivity contribution in [2.45, 2.75) is 0 Å². The van der Waals surface area contributed by atoms with Gasteiger partial charge in [-0.3, -0.25) is 9.59 Å². The van der Waals surface area contributed by atoms with Crippen LogP contribution in [0.4, 0.5) is 0 Å². The number of oxime groups is 2. The van der Waals surface area contributed by atoms with Crippen LogP contribution in [0.15, 0.2) is 10.3 Å². The average Bonchev–Trinajstić information content (AvgIpc) is 2.00. The first-order valence-corrected chi connectivity index (χ1v) is 2.15. The summed E-state index contributed by atoms with van der Waals surface area (Å²) in [6, 6.07) is 0. The first-order chi connectivity index (χ1) is 4.79. The van der Waals surface area contributed by atoms with Gasteiger partial charge < -0.3 is 10.4 Å². The number of carbonyl (C=O) groups excluding carboxylic acids is 2. The van der Waals surface area contributed by atoms with Gasteiger partial charge in [-0.2, -0.15) is 0 Å². The van der Waals surface area contributed by atoms with Crippen molar-refractivity contribution in [2.24, 2.45) is 10.3 Å².